The van der Waals surface area contributed by atoms with Gasteiger partial charge in [-0.2, -0.15) is 0 Å². The van der Waals surface area contributed by atoms with Crippen LogP contribution in [0.1, 0.15) is 36.5 Å². The van der Waals surface area contributed by atoms with E-state index >= 15 is 0 Å². The normalized spacial score (nSPS) is 16.4. The van der Waals surface area contributed by atoms with Crippen molar-refractivity contribution in [3.8, 4) is 0 Å². The predicted molar refractivity (Wildman–Crippen MR) is 77.6 cm³/mol. The Bertz CT molecular complexity index is 479. The second-order valence-corrected chi connectivity index (χ2v) is 5.39. The molecule has 0 N–H and O–H groups in total. The van der Waals surface area contributed by atoms with E-state index in [4.69, 9.17) is 0 Å². The number of carbonyl (C=O) groups is 2. The Balaban J connectivity index is 2.00. The fourth-order valence-electron chi connectivity index (χ4n) is 2.52. The number of ketones is 1. The molecule has 2 rings (SSSR count). The summed E-state index contributed by atoms with van der Waals surface area (Å²) >= 11 is 4.32. The Hall–Kier alpha value is -1.29. The SMILES string of the molecule is CCC(=O)C1CCN(C(=O)c2ccccc2S)CC1. The summed E-state index contributed by atoms with van der Waals surface area (Å²) in [7, 11) is 0. The first kappa shape index (κ1) is 14.1. The highest BCUT2D eigenvalue weighted by Gasteiger charge is 2.27. The number of Topliss-reactive ketones (excluding diaryl/α,β-unsaturated/α-hetero) is 1. The van der Waals surface area contributed by atoms with Crippen LogP contribution in [-0.4, -0.2) is 29.7 Å². The van der Waals surface area contributed by atoms with Crippen molar-refractivity contribution in [3.63, 3.8) is 0 Å². The molecule has 0 spiro atoms. The monoisotopic (exact) mass is 277 g/mol. The molecular weight excluding hydrogens is 258 g/mol. The van der Waals surface area contributed by atoms with E-state index in [1.54, 1.807) is 6.07 Å². The highest BCUT2D eigenvalue weighted by Crippen LogP contribution is 2.22. The summed E-state index contributed by atoms with van der Waals surface area (Å²) in [6.45, 7) is 3.23. The van der Waals surface area contributed by atoms with Crippen molar-refractivity contribution in [2.75, 3.05) is 13.1 Å². The van der Waals surface area contributed by atoms with Gasteiger partial charge in [0.15, 0.2) is 0 Å². The number of amides is 1. The van der Waals surface area contributed by atoms with Crippen molar-refractivity contribution < 1.29 is 9.59 Å². The first-order valence-electron chi connectivity index (χ1n) is 6.73. The molecule has 1 saturated heterocycles. The van der Waals surface area contributed by atoms with E-state index < -0.39 is 0 Å². The summed E-state index contributed by atoms with van der Waals surface area (Å²) < 4.78 is 0. The largest absolute Gasteiger partial charge is 0.339 e. The van der Waals surface area contributed by atoms with Crippen molar-refractivity contribution in [1.29, 1.82) is 0 Å². The van der Waals surface area contributed by atoms with Crippen molar-refractivity contribution in [1.82, 2.24) is 4.90 Å². The Kier molecular flexibility index (Phi) is 4.64. The van der Waals surface area contributed by atoms with Gasteiger partial charge in [-0.25, -0.2) is 0 Å². The van der Waals surface area contributed by atoms with Gasteiger partial charge in [0.2, 0.25) is 0 Å². The average Bonchev–Trinajstić information content (AvgIpc) is 2.46. The second kappa shape index (κ2) is 6.24. The summed E-state index contributed by atoms with van der Waals surface area (Å²) in [5.41, 5.74) is 0.645. The lowest BCUT2D eigenvalue weighted by Gasteiger charge is -2.31. The Morgan fingerprint density at radius 1 is 1.26 bits per heavy atom. The summed E-state index contributed by atoms with van der Waals surface area (Å²) in [4.78, 5) is 26.5. The summed E-state index contributed by atoms with van der Waals surface area (Å²) in [6, 6.07) is 7.34. The molecule has 1 aliphatic heterocycles. The maximum Gasteiger partial charge on any atom is 0.254 e. The predicted octanol–water partition coefficient (Wildman–Crippen LogP) is 2.81. The van der Waals surface area contributed by atoms with Crippen LogP contribution >= 0.6 is 12.6 Å². The van der Waals surface area contributed by atoms with Crippen LogP contribution in [0.4, 0.5) is 0 Å². The smallest absolute Gasteiger partial charge is 0.254 e. The van der Waals surface area contributed by atoms with Crippen LogP contribution in [0.25, 0.3) is 0 Å². The molecule has 0 aliphatic carbocycles. The van der Waals surface area contributed by atoms with Crippen molar-refractivity contribution in [2.24, 2.45) is 5.92 Å². The highest BCUT2D eigenvalue weighted by atomic mass is 32.1. The van der Waals surface area contributed by atoms with Gasteiger partial charge in [0.25, 0.3) is 5.91 Å². The van der Waals surface area contributed by atoms with E-state index in [1.807, 2.05) is 30.0 Å². The van der Waals surface area contributed by atoms with Crippen LogP contribution in [-0.2, 0) is 4.79 Å². The number of hydrogen-bond donors (Lipinski definition) is 1. The van der Waals surface area contributed by atoms with Gasteiger partial charge in [-0.15, -0.1) is 12.6 Å². The van der Waals surface area contributed by atoms with E-state index in [2.05, 4.69) is 12.6 Å². The molecule has 19 heavy (non-hydrogen) atoms. The molecule has 4 heteroatoms. The minimum atomic E-state index is 0.0213. The number of nitrogens with zero attached hydrogens (tertiary/aromatic N) is 1. The van der Waals surface area contributed by atoms with Gasteiger partial charge in [-0.3, -0.25) is 9.59 Å². The third kappa shape index (κ3) is 3.18. The molecule has 0 radical (unpaired) electrons. The first-order chi connectivity index (χ1) is 9.13. The van der Waals surface area contributed by atoms with E-state index in [-0.39, 0.29) is 11.8 Å². The number of rotatable bonds is 3. The third-order valence-corrected chi connectivity index (χ3v) is 4.11. The molecular formula is C15H19NO2S. The van der Waals surface area contributed by atoms with Gasteiger partial charge in [0, 0.05) is 30.3 Å². The molecule has 0 unspecified atom stereocenters. The number of piperidine rings is 1. The molecule has 0 atom stereocenters. The maximum absolute atomic E-state index is 12.4. The standard InChI is InChI=1S/C15H19NO2S/c1-2-13(17)11-7-9-16(10-8-11)15(18)12-5-3-4-6-14(12)19/h3-6,11,19H,2,7-10H2,1H3. The van der Waals surface area contributed by atoms with Crippen molar-refractivity contribution >= 4 is 24.3 Å². The summed E-state index contributed by atoms with van der Waals surface area (Å²) in [5, 5.41) is 0. The number of benzene rings is 1. The molecule has 1 aliphatic rings. The quantitative estimate of drug-likeness (QED) is 0.863. The zero-order valence-corrected chi connectivity index (χ0v) is 12.0. The lowest BCUT2D eigenvalue weighted by atomic mass is 9.91. The molecule has 1 aromatic rings. The van der Waals surface area contributed by atoms with E-state index in [0.717, 1.165) is 12.8 Å². The van der Waals surface area contributed by atoms with E-state index in [9.17, 15) is 9.59 Å². The molecule has 0 saturated carbocycles. The molecule has 1 fully saturated rings. The Morgan fingerprint density at radius 3 is 2.47 bits per heavy atom. The van der Waals surface area contributed by atoms with Gasteiger partial charge < -0.3 is 4.90 Å². The van der Waals surface area contributed by atoms with Crippen molar-refractivity contribution in [3.05, 3.63) is 29.8 Å². The molecule has 0 bridgehead atoms. The Labute approximate surface area is 119 Å². The first-order valence-corrected chi connectivity index (χ1v) is 7.18. The lowest BCUT2D eigenvalue weighted by molar-refractivity contribution is -0.123. The molecule has 1 heterocycles. The van der Waals surface area contributed by atoms with E-state index in [0.29, 0.717) is 35.8 Å². The van der Waals surface area contributed by atoms with Gasteiger partial charge in [-0.05, 0) is 25.0 Å². The van der Waals surface area contributed by atoms with Crippen LogP contribution < -0.4 is 0 Å². The van der Waals surface area contributed by atoms with Gasteiger partial charge in [0.05, 0.1) is 5.56 Å². The third-order valence-electron chi connectivity index (χ3n) is 3.72. The molecule has 102 valence electrons. The second-order valence-electron chi connectivity index (χ2n) is 4.90. The van der Waals surface area contributed by atoms with Crippen LogP contribution in [0.5, 0.6) is 0 Å². The van der Waals surface area contributed by atoms with Crippen LogP contribution in [0.2, 0.25) is 0 Å². The number of likely N-dealkylation sites (tertiary alicyclic amines) is 1. The van der Waals surface area contributed by atoms with Crippen LogP contribution in [0.15, 0.2) is 29.2 Å². The minimum Gasteiger partial charge on any atom is -0.339 e. The van der Waals surface area contributed by atoms with Crippen molar-refractivity contribution in [2.45, 2.75) is 31.1 Å². The van der Waals surface area contributed by atoms with Crippen LogP contribution in [0.3, 0.4) is 0 Å². The number of hydrogen-bond acceptors (Lipinski definition) is 3. The van der Waals surface area contributed by atoms with E-state index in [1.165, 1.54) is 0 Å². The summed E-state index contributed by atoms with van der Waals surface area (Å²) in [6.07, 6.45) is 2.17. The molecule has 0 aromatic heterocycles. The average molecular weight is 277 g/mol. The topological polar surface area (TPSA) is 37.4 Å². The fraction of sp³-hybridized carbons (Fsp3) is 0.467. The van der Waals surface area contributed by atoms with Crippen LogP contribution in [0, 0.1) is 5.92 Å². The van der Waals surface area contributed by atoms with Gasteiger partial charge in [0.1, 0.15) is 5.78 Å². The lowest BCUT2D eigenvalue weighted by Crippen LogP contribution is -2.40. The number of carbonyl (C=O) groups excluding carboxylic acids is 2. The zero-order valence-electron chi connectivity index (χ0n) is 11.1. The molecule has 1 aromatic carbocycles. The van der Waals surface area contributed by atoms with Gasteiger partial charge in [-0.1, -0.05) is 19.1 Å². The number of thiol groups is 1. The zero-order chi connectivity index (χ0) is 13.8. The summed E-state index contributed by atoms with van der Waals surface area (Å²) in [5.74, 6) is 0.481. The highest BCUT2D eigenvalue weighted by molar-refractivity contribution is 7.80. The fourth-order valence-corrected chi connectivity index (χ4v) is 2.77. The van der Waals surface area contributed by atoms with Gasteiger partial charge >= 0.3 is 0 Å². The minimum absolute atomic E-state index is 0.0213. The molecule has 3 nitrogen and oxygen atoms in total. The Morgan fingerprint density at radius 2 is 1.89 bits per heavy atom. The molecule has 1 amide bonds. The maximum atomic E-state index is 12.4.